The largest absolute Gasteiger partial charge is 0.208 e. The molecule has 0 aliphatic rings. The predicted molar refractivity (Wildman–Crippen MR) is 274 cm³/mol. The first kappa shape index (κ1) is 38.4. The summed E-state index contributed by atoms with van der Waals surface area (Å²) in [5.74, 6) is 1.88. The minimum absolute atomic E-state index is 0.620. The summed E-state index contributed by atoms with van der Waals surface area (Å²) >= 11 is 1.86. The van der Waals surface area contributed by atoms with Gasteiger partial charge < -0.3 is 0 Å². The van der Waals surface area contributed by atoms with Gasteiger partial charge >= 0.3 is 0 Å². The van der Waals surface area contributed by atoms with Crippen LogP contribution >= 0.6 is 11.3 Å². The Labute approximate surface area is 381 Å². The van der Waals surface area contributed by atoms with E-state index in [1.54, 1.807) is 0 Å². The number of thiophene rings is 1. The Balaban J connectivity index is 0.911. The highest BCUT2D eigenvalue weighted by atomic mass is 32.1. The molecule has 0 aliphatic carbocycles. The number of fused-ring (bicyclic) bond motifs is 4. The Kier molecular flexibility index (Phi) is 9.70. The van der Waals surface area contributed by atoms with Gasteiger partial charge in [0.2, 0.25) is 0 Å². The average Bonchev–Trinajstić information content (AvgIpc) is 3.77. The quantitative estimate of drug-likeness (QED) is 0.153. The fourth-order valence-corrected chi connectivity index (χ4v) is 10.3. The fourth-order valence-electron chi connectivity index (χ4n) is 9.19. The van der Waals surface area contributed by atoms with E-state index >= 15 is 0 Å². The second kappa shape index (κ2) is 16.4. The molecule has 2 aromatic heterocycles. The van der Waals surface area contributed by atoms with Crippen molar-refractivity contribution in [3.63, 3.8) is 0 Å². The Morgan fingerprint density at radius 2 is 0.600 bits per heavy atom. The average molecular weight is 846 g/mol. The van der Waals surface area contributed by atoms with Crippen LogP contribution in [0.3, 0.4) is 0 Å². The van der Waals surface area contributed by atoms with Crippen molar-refractivity contribution in [3.8, 4) is 89.8 Å². The molecule has 3 nitrogen and oxygen atoms in total. The SMILES string of the molecule is c1ccc(-c2ccccc2-c2nc(-c3ccc(-c4ccc(-c5ccc(-c6ccc7sc8ccccc8c7c6)cc5)c5ccccc45)cc3)nc(-c3ccccc3-c3ccccc3)n2)cc1. The molecule has 0 saturated carbocycles. The lowest BCUT2D eigenvalue weighted by Crippen LogP contribution is -2.02. The third-order valence-electron chi connectivity index (χ3n) is 12.4. The van der Waals surface area contributed by atoms with Crippen molar-refractivity contribution in [3.05, 3.63) is 237 Å². The lowest BCUT2D eigenvalue weighted by Gasteiger charge is -2.14. The van der Waals surface area contributed by atoms with Gasteiger partial charge in [0.1, 0.15) is 0 Å². The number of benzene rings is 10. The molecule has 0 radical (unpaired) electrons. The van der Waals surface area contributed by atoms with Gasteiger partial charge in [-0.1, -0.05) is 218 Å². The van der Waals surface area contributed by atoms with Crippen LogP contribution in [-0.4, -0.2) is 15.0 Å². The molecule has 0 saturated heterocycles. The standard InChI is InChI=1S/C61H39N3S/c1-3-15-41(16-4-1)47-19-7-11-24-54(47)60-62-59(63-61(64-60)55-25-12-8-20-48(55)42-17-5-2-6-18-42)45-33-31-44(32-34-45)50-37-36-49(51-21-9-10-22-52(50)51)43-29-27-40(28-30-43)46-35-38-58-56(39-46)53-23-13-14-26-57(53)65-58/h1-39H. The maximum atomic E-state index is 5.22. The summed E-state index contributed by atoms with van der Waals surface area (Å²) in [6.07, 6.45) is 0. The van der Waals surface area contributed by atoms with Crippen molar-refractivity contribution in [2.24, 2.45) is 0 Å². The molecule has 12 aromatic rings. The summed E-state index contributed by atoms with van der Waals surface area (Å²) in [6, 6.07) is 84.1. The first-order valence-electron chi connectivity index (χ1n) is 21.9. The Morgan fingerprint density at radius 1 is 0.215 bits per heavy atom. The first-order valence-corrected chi connectivity index (χ1v) is 22.7. The van der Waals surface area contributed by atoms with E-state index in [0.29, 0.717) is 17.5 Å². The minimum Gasteiger partial charge on any atom is -0.208 e. The smallest absolute Gasteiger partial charge is 0.164 e. The highest BCUT2D eigenvalue weighted by molar-refractivity contribution is 7.25. The summed E-state index contributed by atoms with van der Waals surface area (Å²) in [5, 5.41) is 5.06. The summed E-state index contributed by atoms with van der Waals surface area (Å²) < 4.78 is 2.65. The van der Waals surface area contributed by atoms with Crippen LogP contribution in [0.1, 0.15) is 0 Å². The van der Waals surface area contributed by atoms with Gasteiger partial charge in [-0.2, -0.15) is 0 Å². The van der Waals surface area contributed by atoms with Crippen molar-refractivity contribution in [2.45, 2.75) is 0 Å². The zero-order valence-corrected chi connectivity index (χ0v) is 36.1. The van der Waals surface area contributed by atoms with Crippen molar-refractivity contribution in [2.75, 3.05) is 0 Å². The number of hydrogen-bond donors (Lipinski definition) is 0. The van der Waals surface area contributed by atoms with E-state index in [0.717, 1.165) is 44.5 Å². The highest BCUT2D eigenvalue weighted by Crippen LogP contribution is 2.40. The molecular weight excluding hydrogens is 807 g/mol. The van der Waals surface area contributed by atoms with Crippen LogP contribution in [0.15, 0.2) is 237 Å². The molecule has 0 N–H and O–H groups in total. The van der Waals surface area contributed by atoms with E-state index in [1.165, 1.54) is 58.8 Å². The van der Waals surface area contributed by atoms with Gasteiger partial charge in [-0.05, 0) is 84.6 Å². The van der Waals surface area contributed by atoms with E-state index in [9.17, 15) is 0 Å². The number of hydrogen-bond acceptors (Lipinski definition) is 4. The second-order valence-electron chi connectivity index (χ2n) is 16.3. The summed E-state index contributed by atoms with van der Waals surface area (Å²) in [5.41, 5.74) is 14.3. The third kappa shape index (κ3) is 7.16. The van der Waals surface area contributed by atoms with Crippen LogP contribution in [0.4, 0.5) is 0 Å². The van der Waals surface area contributed by atoms with Gasteiger partial charge in [0.25, 0.3) is 0 Å². The van der Waals surface area contributed by atoms with Crippen molar-refractivity contribution in [1.29, 1.82) is 0 Å². The molecule has 0 unspecified atom stereocenters. The molecule has 0 spiro atoms. The molecular formula is C61H39N3S. The zero-order chi connectivity index (χ0) is 43.1. The lowest BCUT2D eigenvalue weighted by atomic mass is 9.91. The maximum Gasteiger partial charge on any atom is 0.164 e. The summed E-state index contributed by atoms with van der Waals surface area (Å²) in [4.78, 5) is 15.6. The number of nitrogens with zero attached hydrogens (tertiary/aromatic N) is 3. The molecule has 12 rings (SSSR count). The highest BCUT2D eigenvalue weighted by Gasteiger charge is 2.19. The van der Waals surface area contributed by atoms with E-state index in [2.05, 4.69) is 224 Å². The van der Waals surface area contributed by atoms with E-state index in [1.807, 2.05) is 23.5 Å². The van der Waals surface area contributed by atoms with Crippen LogP contribution in [0.2, 0.25) is 0 Å². The second-order valence-corrected chi connectivity index (χ2v) is 17.4. The van der Waals surface area contributed by atoms with Crippen LogP contribution in [0.25, 0.3) is 121 Å². The van der Waals surface area contributed by atoms with Crippen molar-refractivity contribution in [1.82, 2.24) is 15.0 Å². The molecule has 304 valence electrons. The molecule has 4 heteroatoms. The molecule has 0 atom stereocenters. The number of aromatic nitrogens is 3. The molecule has 2 heterocycles. The molecule has 0 bridgehead atoms. The van der Waals surface area contributed by atoms with Crippen LogP contribution in [0.5, 0.6) is 0 Å². The monoisotopic (exact) mass is 845 g/mol. The third-order valence-corrected chi connectivity index (χ3v) is 13.6. The van der Waals surface area contributed by atoms with Crippen molar-refractivity contribution >= 4 is 42.3 Å². The van der Waals surface area contributed by atoms with Crippen molar-refractivity contribution < 1.29 is 0 Å². The molecule has 0 amide bonds. The van der Waals surface area contributed by atoms with E-state index < -0.39 is 0 Å². The topological polar surface area (TPSA) is 38.7 Å². The normalized spacial score (nSPS) is 11.4. The predicted octanol–water partition coefficient (Wildman–Crippen LogP) is 16.7. The van der Waals surface area contributed by atoms with E-state index in [4.69, 9.17) is 15.0 Å². The van der Waals surface area contributed by atoms with Gasteiger partial charge in [0.05, 0.1) is 0 Å². The Morgan fingerprint density at radius 3 is 1.15 bits per heavy atom. The fraction of sp³-hybridized carbons (Fsp3) is 0. The summed E-state index contributed by atoms with van der Waals surface area (Å²) in [6.45, 7) is 0. The lowest BCUT2D eigenvalue weighted by molar-refractivity contribution is 1.07. The van der Waals surface area contributed by atoms with Crippen LogP contribution in [-0.2, 0) is 0 Å². The molecule has 10 aromatic carbocycles. The molecule has 0 fully saturated rings. The first-order chi connectivity index (χ1) is 32.2. The molecule has 65 heavy (non-hydrogen) atoms. The van der Waals surface area contributed by atoms with Gasteiger partial charge in [0, 0.05) is 36.9 Å². The summed E-state index contributed by atoms with van der Waals surface area (Å²) in [7, 11) is 0. The Hall–Kier alpha value is -8.31. The van der Waals surface area contributed by atoms with Gasteiger partial charge in [0.15, 0.2) is 17.5 Å². The molecule has 0 aliphatic heterocycles. The van der Waals surface area contributed by atoms with Gasteiger partial charge in [-0.15, -0.1) is 11.3 Å². The van der Waals surface area contributed by atoms with Crippen LogP contribution < -0.4 is 0 Å². The zero-order valence-electron chi connectivity index (χ0n) is 35.3. The Bertz CT molecular complexity index is 3590. The van der Waals surface area contributed by atoms with Gasteiger partial charge in [-0.3, -0.25) is 0 Å². The van der Waals surface area contributed by atoms with Gasteiger partial charge in [-0.25, -0.2) is 15.0 Å². The maximum absolute atomic E-state index is 5.22. The number of rotatable bonds is 8. The van der Waals surface area contributed by atoms with E-state index in [-0.39, 0.29) is 0 Å². The minimum atomic E-state index is 0.620. The van der Waals surface area contributed by atoms with Crippen LogP contribution in [0, 0.1) is 0 Å².